The third-order valence-corrected chi connectivity index (χ3v) is 3.54. The van der Waals surface area contributed by atoms with Crippen LogP contribution in [0.3, 0.4) is 0 Å². The molecule has 0 saturated carbocycles. The standard InChI is InChI=1S/C15H16N6O3/c1-24-15(23)10-4-5-16-8-12(10)18-14(22)11-2-3-13(20-19-11)21-7-6-17-9-21/h2-5,8,17H,6-7,9H2,1H3,(H,18,22). The van der Waals surface area contributed by atoms with Crippen LogP contribution in [0.4, 0.5) is 11.5 Å². The number of hydrogen-bond acceptors (Lipinski definition) is 8. The van der Waals surface area contributed by atoms with Crippen LogP contribution in [0.25, 0.3) is 0 Å². The molecule has 1 aliphatic rings. The van der Waals surface area contributed by atoms with Gasteiger partial charge in [-0.3, -0.25) is 15.1 Å². The molecule has 0 atom stereocenters. The van der Waals surface area contributed by atoms with Crippen LogP contribution in [0.2, 0.25) is 0 Å². The topological polar surface area (TPSA) is 109 Å². The average Bonchev–Trinajstić information content (AvgIpc) is 3.16. The number of nitrogens with one attached hydrogen (secondary N) is 2. The molecule has 2 aromatic rings. The number of anilines is 2. The number of carbonyl (C=O) groups excluding carboxylic acids is 2. The molecule has 24 heavy (non-hydrogen) atoms. The van der Waals surface area contributed by atoms with Crippen molar-refractivity contribution in [3.8, 4) is 0 Å². The molecule has 0 bridgehead atoms. The Morgan fingerprint density at radius 3 is 2.83 bits per heavy atom. The summed E-state index contributed by atoms with van der Waals surface area (Å²) >= 11 is 0. The number of esters is 1. The van der Waals surface area contributed by atoms with Crippen molar-refractivity contribution in [2.24, 2.45) is 0 Å². The Bertz CT molecular complexity index is 743. The van der Waals surface area contributed by atoms with Crippen LogP contribution in [-0.4, -0.2) is 53.9 Å². The molecule has 1 amide bonds. The number of nitrogens with zero attached hydrogens (tertiary/aromatic N) is 4. The Balaban J connectivity index is 1.74. The molecule has 9 heteroatoms. The van der Waals surface area contributed by atoms with Gasteiger partial charge < -0.3 is 15.0 Å². The van der Waals surface area contributed by atoms with E-state index in [9.17, 15) is 9.59 Å². The van der Waals surface area contributed by atoms with Crippen LogP contribution in [0.1, 0.15) is 20.8 Å². The van der Waals surface area contributed by atoms with Gasteiger partial charge in [0.25, 0.3) is 5.91 Å². The minimum Gasteiger partial charge on any atom is -0.465 e. The molecule has 0 aromatic carbocycles. The lowest BCUT2D eigenvalue weighted by atomic mass is 10.2. The molecule has 0 aliphatic carbocycles. The first-order valence-corrected chi connectivity index (χ1v) is 7.32. The zero-order valence-electron chi connectivity index (χ0n) is 13.0. The first-order valence-electron chi connectivity index (χ1n) is 7.32. The smallest absolute Gasteiger partial charge is 0.340 e. The van der Waals surface area contributed by atoms with Gasteiger partial charge in [-0.25, -0.2) is 4.79 Å². The first kappa shape index (κ1) is 15.8. The maximum Gasteiger partial charge on any atom is 0.340 e. The summed E-state index contributed by atoms with van der Waals surface area (Å²) < 4.78 is 4.68. The van der Waals surface area contributed by atoms with E-state index in [4.69, 9.17) is 0 Å². The number of methoxy groups -OCH3 is 1. The molecule has 0 spiro atoms. The van der Waals surface area contributed by atoms with Crippen molar-refractivity contribution in [2.75, 3.05) is 37.1 Å². The van der Waals surface area contributed by atoms with E-state index in [2.05, 4.69) is 30.6 Å². The zero-order valence-corrected chi connectivity index (χ0v) is 13.0. The summed E-state index contributed by atoms with van der Waals surface area (Å²) in [7, 11) is 1.27. The summed E-state index contributed by atoms with van der Waals surface area (Å²) in [5.74, 6) is -0.337. The molecular formula is C15H16N6O3. The molecule has 124 valence electrons. The predicted molar refractivity (Wildman–Crippen MR) is 85.8 cm³/mol. The third kappa shape index (κ3) is 3.30. The van der Waals surface area contributed by atoms with Crippen molar-refractivity contribution < 1.29 is 14.3 Å². The number of carbonyl (C=O) groups is 2. The van der Waals surface area contributed by atoms with Gasteiger partial charge in [-0.1, -0.05) is 0 Å². The van der Waals surface area contributed by atoms with Crippen molar-refractivity contribution in [1.82, 2.24) is 20.5 Å². The molecule has 1 aliphatic heterocycles. The maximum atomic E-state index is 12.3. The van der Waals surface area contributed by atoms with E-state index in [0.29, 0.717) is 12.5 Å². The summed E-state index contributed by atoms with van der Waals surface area (Å²) in [6.45, 7) is 2.44. The van der Waals surface area contributed by atoms with E-state index in [1.54, 1.807) is 12.1 Å². The highest BCUT2D eigenvalue weighted by atomic mass is 16.5. The lowest BCUT2D eigenvalue weighted by Gasteiger charge is -2.14. The lowest BCUT2D eigenvalue weighted by Crippen LogP contribution is -2.23. The molecule has 1 fully saturated rings. The normalized spacial score (nSPS) is 13.6. The monoisotopic (exact) mass is 328 g/mol. The Kier molecular flexibility index (Phi) is 4.62. The van der Waals surface area contributed by atoms with Crippen LogP contribution in [0.5, 0.6) is 0 Å². The van der Waals surface area contributed by atoms with Gasteiger partial charge in [-0.15, -0.1) is 10.2 Å². The Labute approximate surface area is 138 Å². The van der Waals surface area contributed by atoms with Crippen molar-refractivity contribution in [1.29, 1.82) is 0 Å². The molecule has 0 unspecified atom stereocenters. The largest absolute Gasteiger partial charge is 0.465 e. The van der Waals surface area contributed by atoms with Crippen molar-refractivity contribution >= 4 is 23.4 Å². The van der Waals surface area contributed by atoms with E-state index < -0.39 is 11.9 Å². The van der Waals surface area contributed by atoms with Gasteiger partial charge >= 0.3 is 5.97 Å². The Morgan fingerprint density at radius 1 is 1.29 bits per heavy atom. The van der Waals surface area contributed by atoms with Gasteiger partial charge in [-0.05, 0) is 18.2 Å². The molecule has 3 heterocycles. The van der Waals surface area contributed by atoms with Gasteiger partial charge in [0.2, 0.25) is 0 Å². The number of amides is 1. The van der Waals surface area contributed by atoms with Crippen LogP contribution in [-0.2, 0) is 4.74 Å². The van der Waals surface area contributed by atoms with Crippen LogP contribution in [0.15, 0.2) is 30.6 Å². The number of hydrogen-bond donors (Lipinski definition) is 2. The molecule has 9 nitrogen and oxygen atoms in total. The van der Waals surface area contributed by atoms with Crippen LogP contribution >= 0.6 is 0 Å². The first-order chi connectivity index (χ1) is 11.7. The molecule has 2 N–H and O–H groups in total. The van der Waals surface area contributed by atoms with Gasteiger partial charge in [-0.2, -0.15) is 0 Å². The van der Waals surface area contributed by atoms with Crippen molar-refractivity contribution in [3.63, 3.8) is 0 Å². The Morgan fingerprint density at radius 2 is 2.17 bits per heavy atom. The van der Waals surface area contributed by atoms with Crippen LogP contribution in [0, 0.1) is 0 Å². The second-order valence-corrected chi connectivity index (χ2v) is 5.07. The molecule has 1 saturated heterocycles. The van der Waals surface area contributed by atoms with Gasteiger partial charge in [0.15, 0.2) is 11.5 Å². The quantitative estimate of drug-likeness (QED) is 0.770. The summed E-state index contributed by atoms with van der Waals surface area (Å²) in [5, 5.41) is 13.8. The second-order valence-electron chi connectivity index (χ2n) is 5.07. The van der Waals surface area contributed by atoms with Crippen LogP contribution < -0.4 is 15.5 Å². The highest BCUT2D eigenvalue weighted by Crippen LogP contribution is 2.16. The average molecular weight is 328 g/mol. The SMILES string of the molecule is COC(=O)c1ccncc1NC(=O)c1ccc(N2CCNC2)nn1. The number of ether oxygens (including phenoxy) is 1. The van der Waals surface area contributed by atoms with E-state index in [0.717, 1.165) is 13.1 Å². The summed E-state index contributed by atoms with van der Waals surface area (Å²) in [6.07, 6.45) is 2.82. The summed E-state index contributed by atoms with van der Waals surface area (Å²) in [4.78, 5) is 29.9. The van der Waals surface area contributed by atoms with E-state index in [1.807, 2.05) is 4.90 Å². The summed E-state index contributed by atoms with van der Waals surface area (Å²) in [5.41, 5.74) is 0.614. The molecular weight excluding hydrogens is 312 g/mol. The predicted octanol–water partition coefficient (Wildman–Crippen LogP) is 0.278. The van der Waals surface area contributed by atoms with E-state index in [-0.39, 0.29) is 16.9 Å². The molecule has 3 rings (SSSR count). The summed E-state index contributed by atoms with van der Waals surface area (Å²) in [6, 6.07) is 4.79. The highest BCUT2D eigenvalue weighted by Gasteiger charge is 2.17. The fourth-order valence-corrected chi connectivity index (χ4v) is 2.29. The van der Waals surface area contributed by atoms with E-state index in [1.165, 1.54) is 25.6 Å². The lowest BCUT2D eigenvalue weighted by molar-refractivity contribution is 0.0602. The fourth-order valence-electron chi connectivity index (χ4n) is 2.29. The van der Waals surface area contributed by atoms with Crippen molar-refractivity contribution in [2.45, 2.75) is 0 Å². The maximum absolute atomic E-state index is 12.3. The van der Waals surface area contributed by atoms with Gasteiger partial charge in [0, 0.05) is 19.3 Å². The zero-order chi connectivity index (χ0) is 16.9. The Hall–Kier alpha value is -3.07. The number of pyridine rings is 1. The third-order valence-electron chi connectivity index (χ3n) is 3.54. The van der Waals surface area contributed by atoms with Crippen molar-refractivity contribution in [3.05, 3.63) is 41.9 Å². The highest BCUT2D eigenvalue weighted by molar-refractivity contribution is 6.06. The molecule has 0 radical (unpaired) electrons. The second kappa shape index (κ2) is 7.01. The molecule has 2 aromatic heterocycles. The van der Waals surface area contributed by atoms with Gasteiger partial charge in [0.05, 0.1) is 31.2 Å². The van der Waals surface area contributed by atoms with E-state index >= 15 is 0 Å². The number of rotatable bonds is 4. The minimum atomic E-state index is -0.560. The fraction of sp³-hybridized carbons (Fsp3) is 0.267. The minimum absolute atomic E-state index is 0.144. The number of aromatic nitrogens is 3. The van der Waals surface area contributed by atoms with Gasteiger partial charge in [0.1, 0.15) is 0 Å².